The molecule has 1 saturated heterocycles. The van der Waals surface area contributed by atoms with E-state index in [0.29, 0.717) is 12.4 Å². The molecule has 1 aliphatic rings. The fraction of sp³-hybridized carbons (Fsp3) is 0.529. The minimum Gasteiger partial charge on any atom is -0.423 e. The average Bonchev–Trinajstić information content (AvgIpc) is 2.96. The van der Waals surface area contributed by atoms with E-state index in [4.69, 9.17) is 10.2 Å². The van der Waals surface area contributed by atoms with E-state index in [1.54, 1.807) is 0 Å². The Kier molecular flexibility index (Phi) is 3.81. The van der Waals surface area contributed by atoms with Crippen LogP contribution in [0.4, 0.5) is 6.01 Å². The van der Waals surface area contributed by atoms with Crippen LogP contribution in [0.2, 0.25) is 0 Å². The topological polar surface area (TPSA) is 72.4 Å². The van der Waals surface area contributed by atoms with Crippen LogP contribution < -0.4 is 10.6 Å². The number of fused-ring (bicyclic) bond motifs is 1. The van der Waals surface area contributed by atoms with Crippen molar-refractivity contribution in [3.8, 4) is 0 Å². The molecule has 5 heteroatoms. The summed E-state index contributed by atoms with van der Waals surface area (Å²) in [6.07, 6.45) is 4.42. The van der Waals surface area contributed by atoms with Crippen LogP contribution >= 0.6 is 0 Å². The largest absolute Gasteiger partial charge is 0.423 e. The van der Waals surface area contributed by atoms with Gasteiger partial charge in [0.2, 0.25) is 5.91 Å². The number of oxazole rings is 1. The van der Waals surface area contributed by atoms with E-state index >= 15 is 0 Å². The van der Waals surface area contributed by atoms with E-state index in [2.05, 4.69) is 18.0 Å². The standard InChI is InChI=1S/C17H23N3O2/c1-3-12-7-8-14-13(11-12)19-16(22-14)20-10-6-5-9-17(20,4-2)15(18)21/h7-8,11H,3-6,9-10H2,1-2H3,(H2,18,21). The molecular weight excluding hydrogens is 278 g/mol. The summed E-state index contributed by atoms with van der Waals surface area (Å²) in [5.41, 5.74) is 7.88. The molecule has 1 aromatic carbocycles. The van der Waals surface area contributed by atoms with Gasteiger partial charge in [0.15, 0.2) is 5.58 Å². The summed E-state index contributed by atoms with van der Waals surface area (Å²) in [6.45, 7) is 4.87. The Hall–Kier alpha value is -2.04. The highest BCUT2D eigenvalue weighted by molar-refractivity contribution is 5.88. The predicted molar refractivity (Wildman–Crippen MR) is 86.8 cm³/mol. The van der Waals surface area contributed by atoms with Gasteiger partial charge in [0.1, 0.15) is 11.1 Å². The van der Waals surface area contributed by atoms with Crippen molar-refractivity contribution in [3.05, 3.63) is 23.8 Å². The Morgan fingerprint density at radius 1 is 1.41 bits per heavy atom. The number of aryl methyl sites for hydroxylation is 1. The maximum absolute atomic E-state index is 12.1. The lowest BCUT2D eigenvalue weighted by Gasteiger charge is -2.43. The minimum atomic E-state index is -0.674. The maximum Gasteiger partial charge on any atom is 0.299 e. The third-order valence-electron chi connectivity index (χ3n) is 4.86. The molecule has 0 bridgehead atoms. The molecule has 5 nitrogen and oxygen atoms in total. The molecule has 1 aliphatic heterocycles. The van der Waals surface area contributed by atoms with Crippen LogP contribution in [0, 0.1) is 0 Å². The number of carbonyl (C=O) groups is 1. The molecule has 0 aliphatic carbocycles. The number of amides is 1. The number of benzene rings is 1. The van der Waals surface area contributed by atoms with Crippen LogP contribution in [0.15, 0.2) is 22.6 Å². The molecule has 2 heterocycles. The van der Waals surface area contributed by atoms with Gasteiger partial charge in [-0.2, -0.15) is 4.98 Å². The van der Waals surface area contributed by atoms with E-state index in [9.17, 15) is 4.79 Å². The molecule has 2 aromatic rings. The number of carbonyl (C=O) groups excluding carboxylic acids is 1. The van der Waals surface area contributed by atoms with Gasteiger partial charge in [-0.1, -0.05) is 19.9 Å². The van der Waals surface area contributed by atoms with Gasteiger partial charge in [-0.25, -0.2) is 0 Å². The number of piperidine rings is 1. The first-order valence-corrected chi connectivity index (χ1v) is 8.07. The Labute approximate surface area is 130 Å². The van der Waals surface area contributed by atoms with Crippen LogP contribution in [-0.2, 0) is 11.2 Å². The van der Waals surface area contributed by atoms with E-state index in [1.165, 1.54) is 5.56 Å². The summed E-state index contributed by atoms with van der Waals surface area (Å²) < 4.78 is 5.92. The van der Waals surface area contributed by atoms with Crippen LogP contribution in [0.25, 0.3) is 11.1 Å². The quantitative estimate of drug-likeness (QED) is 0.942. The van der Waals surface area contributed by atoms with Gasteiger partial charge >= 0.3 is 0 Å². The van der Waals surface area contributed by atoms with Gasteiger partial charge in [-0.05, 0) is 49.8 Å². The second-order valence-corrected chi connectivity index (χ2v) is 6.01. The second kappa shape index (κ2) is 5.63. The number of hydrogen-bond acceptors (Lipinski definition) is 4. The molecule has 2 N–H and O–H groups in total. The molecule has 3 rings (SSSR count). The molecule has 1 fully saturated rings. The first-order valence-electron chi connectivity index (χ1n) is 8.07. The van der Waals surface area contributed by atoms with Gasteiger partial charge in [0.25, 0.3) is 6.01 Å². The minimum absolute atomic E-state index is 0.286. The third-order valence-corrected chi connectivity index (χ3v) is 4.86. The van der Waals surface area contributed by atoms with Crippen molar-refractivity contribution in [3.63, 3.8) is 0 Å². The van der Waals surface area contributed by atoms with Crippen LogP contribution in [0.3, 0.4) is 0 Å². The summed E-state index contributed by atoms with van der Waals surface area (Å²) in [5.74, 6) is -0.286. The number of nitrogens with zero attached hydrogens (tertiary/aromatic N) is 2. The SMILES string of the molecule is CCc1ccc2oc(N3CCCCC3(CC)C(N)=O)nc2c1. The summed E-state index contributed by atoms with van der Waals surface area (Å²) in [6, 6.07) is 6.56. The number of aromatic nitrogens is 1. The number of primary amides is 1. The monoisotopic (exact) mass is 301 g/mol. The van der Waals surface area contributed by atoms with Gasteiger partial charge in [-0.15, -0.1) is 0 Å². The summed E-state index contributed by atoms with van der Waals surface area (Å²) >= 11 is 0. The zero-order chi connectivity index (χ0) is 15.7. The maximum atomic E-state index is 12.1. The molecule has 22 heavy (non-hydrogen) atoms. The van der Waals surface area contributed by atoms with Crippen molar-refractivity contribution < 1.29 is 9.21 Å². The second-order valence-electron chi connectivity index (χ2n) is 6.01. The van der Waals surface area contributed by atoms with Crippen molar-refractivity contribution in [2.45, 2.75) is 51.5 Å². The number of rotatable bonds is 4. The number of anilines is 1. The Morgan fingerprint density at radius 3 is 2.91 bits per heavy atom. The van der Waals surface area contributed by atoms with E-state index in [-0.39, 0.29) is 5.91 Å². The third kappa shape index (κ3) is 2.25. The predicted octanol–water partition coefficient (Wildman–Crippen LogP) is 3.01. The lowest BCUT2D eigenvalue weighted by molar-refractivity contribution is -0.124. The summed E-state index contributed by atoms with van der Waals surface area (Å²) in [5, 5.41) is 0. The van der Waals surface area contributed by atoms with E-state index in [1.807, 2.05) is 24.0 Å². The van der Waals surface area contributed by atoms with Gasteiger partial charge in [0.05, 0.1) is 0 Å². The molecule has 0 saturated carbocycles. The summed E-state index contributed by atoms with van der Waals surface area (Å²) in [7, 11) is 0. The zero-order valence-electron chi connectivity index (χ0n) is 13.3. The Bertz CT molecular complexity index is 694. The molecule has 1 atom stereocenters. The van der Waals surface area contributed by atoms with Crippen molar-refractivity contribution >= 4 is 23.0 Å². The van der Waals surface area contributed by atoms with Crippen LogP contribution in [-0.4, -0.2) is 23.0 Å². The molecule has 1 unspecified atom stereocenters. The normalized spacial score (nSPS) is 22.2. The van der Waals surface area contributed by atoms with E-state index < -0.39 is 5.54 Å². The Balaban J connectivity index is 2.05. The fourth-order valence-corrected chi connectivity index (χ4v) is 3.41. The molecule has 0 spiro atoms. The number of nitrogens with two attached hydrogens (primary N) is 1. The molecule has 1 amide bonds. The zero-order valence-corrected chi connectivity index (χ0v) is 13.3. The van der Waals surface area contributed by atoms with E-state index in [0.717, 1.165) is 43.3 Å². The number of hydrogen-bond donors (Lipinski definition) is 1. The summed E-state index contributed by atoms with van der Waals surface area (Å²) in [4.78, 5) is 18.7. The van der Waals surface area contributed by atoms with Crippen molar-refractivity contribution in [1.29, 1.82) is 0 Å². The lowest BCUT2D eigenvalue weighted by Crippen LogP contribution is -2.60. The highest BCUT2D eigenvalue weighted by Crippen LogP contribution is 2.36. The molecule has 1 aromatic heterocycles. The van der Waals surface area contributed by atoms with Crippen molar-refractivity contribution in [2.75, 3.05) is 11.4 Å². The molecule has 0 radical (unpaired) electrons. The van der Waals surface area contributed by atoms with Crippen molar-refractivity contribution in [1.82, 2.24) is 4.98 Å². The highest BCUT2D eigenvalue weighted by atomic mass is 16.4. The van der Waals surface area contributed by atoms with Gasteiger partial charge in [0, 0.05) is 6.54 Å². The van der Waals surface area contributed by atoms with Gasteiger partial charge in [-0.3, -0.25) is 4.79 Å². The fourth-order valence-electron chi connectivity index (χ4n) is 3.41. The molecule has 118 valence electrons. The van der Waals surface area contributed by atoms with Gasteiger partial charge < -0.3 is 15.1 Å². The first-order chi connectivity index (χ1) is 10.6. The average molecular weight is 301 g/mol. The van der Waals surface area contributed by atoms with Crippen molar-refractivity contribution in [2.24, 2.45) is 5.73 Å². The van der Waals surface area contributed by atoms with Crippen LogP contribution in [0.5, 0.6) is 0 Å². The first kappa shape index (κ1) is 14.9. The lowest BCUT2D eigenvalue weighted by atomic mass is 9.84. The smallest absolute Gasteiger partial charge is 0.299 e. The van der Waals surface area contributed by atoms with Crippen LogP contribution in [0.1, 0.15) is 45.1 Å². The Morgan fingerprint density at radius 2 is 2.23 bits per heavy atom. The molecular formula is C17H23N3O2. The highest BCUT2D eigenvalue weighted by Gasteiger charge is 2.44.